The molecule has 1 heterocycles. The Labute approximate surface area is 169 Å². The molecule has 0 aliphatic rings. The van der Waals surface area contributed by atoms with Crippen LogP contribution < -0.4 is 5.32 Å². The molecule has 0 aliphatic heterocycles. The van der Waals surface area contributed by atoms with Crippen LogP contribution in [0.25, 0.3) is 11.0 Å². The smallest absolute Gasteiger partial charge is 0.270 e. The molecule has 148 valence electrons. The van der Waals surface area contributed by atoms with Gasteiger partial charge in [-0.2, -0.15) is 0 Å². The first-order valence-corrected chi connectivity index (χ1v) is 9.58. The number of halogens is 2. The molecule has 5 heteroatoms. The lowest BCUT2D eigenvalue weighted by molar-refractivity contribution is 0.0165. The predicted octanol–water partition coefficient (Wildman–Crippen LogP) is 6.56. The van der Waals surface area contributed by atoms with Gasteiger partial charge in [0.25, 0.3) is 5.92 Å². The molecule has 3 aromatic carbocycles. The highest BCUT2D eigenvalue weighted by atomic mass is 19.3. The highest BCUT2D eigenvalue weighted by Crippen LogP contribution is 2.32. The van der Waals surface area contributed by atoms with E-state index >= 15 is 0 Å². The molecule has 0 atom stereocenters. The van der Waals surface area contributed by atoms with E-state index in [9.17, 15) is 8.78 Å². The Bertz CT molecular complexity index is 1160. The Morgan fingerprint density at radius 2 is 1.62 bits per heavy atom. The van der Waals surface area contributed by atoms with Gasteiger partial charge in [-0.3, -0.25) is 0 Å². The summed E-state index contributed by atoms with van der Waals surface area (Å²) in [6, 6.07) is 20.7. The molecule has 0 unspecified atom stereocenters. The van der Waals surface area contributed by atoms with Crippen molar-refractivity contribution >= 4 is 22.7 Å². The third-order valence-corrected chi connectivity index (χ3v) is 5.03. The first-order valence-electron chi connectivity index (χ1n) is 9.58. The SMILES string of the molecule is Cc1ccc(Nc2nc3cc(C)ccc3n2Cc2ccccc2C(C)(F)F)cc1. The minimum atomic E-state index is -2.91. The number of aryl methyl sites for hydroxylation is 2. The van der Waals surface area contributed by atoms with E-state index in [4.69, 9.17) is 4.98 Å². The average molecular weight is 391 g/mol. The maximum absolute atomic E-state index is 14.2. The lowest BCUT2D eigenvalue weighted by Crippen LogP contribution is -2.13. The molecule has 29 heavy (non-hydrogen) atoms. The van der Waals surface area contributed by atoms with Crippen LogP contribution in [0.5, 0.6) is 0 Å². The highest BCUT2D eigenvalue weighted by Gasteiger charge is 2.27. The van der Waals surface area contributed by atoms with Gasteiger partial charge in [0, 0.05) is 18.2 Å². The van der Waals surface area contributed by atoms with Crippen LogP contribution in [0, 0.1) is 13.8 Å². The quantitative estimate of drug-likeness (QED) is 0.418. The van der Waals surface area contributed by atoms with Gasteiger partial charge in [-0.25, -0.2) is 13.8 Å². The zero-order valence-electron chi connectivity index (χ0n) is 16.7. The van der Waals surface area contributed by atoms with E-state index in [1.54, 1.807) is 18.2 Å². The molecular weight excluding hydrogens is 368 g/mol. The zero-order chi connectivity index (χ0) is 20.6. The Morgan fingerprint density at radius 1 is 0.931 bits per heavy atom. The fourth-order valence-corrected chi connectivity index (χ4v) is 3.52. The Hall–Kier alpha value is -3.21. The largest absolute Gasteiger partial charge is 0.326 e. The van der Waals surface area contributed by atoms with E-state index in [2.05, 4.69) is 5.32 Å². The van der Waals surface area contributed by atoms with Crippen molar-refractivity contribution < 1.29 is 8.78 Å². The molecule has 0 saturated carbocycles. The first-order chi connectivity index (χ1) is 13.8. The first kappa shape index (κ1) is 19.1. The number of anilines is 2. The van der Waals surface area contributed by atoms with Gasteiger partial charge in [-0.1, -0.05) is 48.0 Å². The summed E-state index contributed by atoms with van der Waals surface area (Å²) >= 11 is 0. The summed E-state index contributed by atoms with van der Waals surface area (Å²) < 4.78 is 30.3. The predicted molar refractivity (Wildman–Crippen MR) is 114 cm³/mol. The Kier molecular flexibility index (Phi) is 4.82. The van der Waals surface area contributed by atoms with E-state index in [1.807, 2.05) is 60.9 Å². The number of fused-ring (bicyclic) bond motifs is 1. The second-order valence-electron chi connectivity index (χ2n) is 7.55. The standard InChI is InChI=1S/C24H23F2N3/c1-16-8-11-19(12-9-16)27-23-28-21-14-17(2)10-13-22(21)29(23)15-18-6-4-5-7-20(18)24(3,25)26/h4-14H,15H2,1-3H3,(H,27,28). The van der Waals surface area contributed by atoms with Crippen LogP contribution in [-0.4, -0.2) is 9.55 Å². The molecule has 0 aliphatic carbocycles. The minimum absolute atomic E-state index is 0.0373. The molecule has 4 aromatic rings. The van der Waals surface area contributed by atoms with Crippen molar-refractivity contribution in [3.8, 4) is 0 Å². The highest BCUT2D eigenvalue weighted by molar-refractivity contribution is 5.80. The number of rotatable bonds is 5. The lowest BCUT2D eigenvalue weighted by Gasteiger charge is -2.18. The van der Waals surface area contributed by atoms with Crippen molar-refractivity contribution in [3.63, 3.8) is 0 Å². The van der Waals surface area contributed by atoms with E-state index in [1.165, 1.54) is 11.6 Å². The van der Waals surface area contributed by atoms with Crippen molar-refractivity contribution in [1.29, 1.82) is 0 Å². The van der Waals surface area contributed by atoms with Crippen LogP contribution in [0.15, 0.2) is 66.7 Å². The van der Waals surface area contributed by atoms with Crippen LogP contribution in [0.3, 0.4) is 0 Å². The van der Waals surface area contributed by atoms with Crippen molar-refractivity contribution in [1.82, 2.24) is 9.55 Å². The van der Waals surface area contributed by atoms with Crippen LogP contribution in [-0.2, 0) is 12.5 Å². The number of hydrogen-bond acceptors (Lipinski definition) is 2. The summed E-state index contributed by atoms with van der Waals surface area (Å²) in [5.74, 6) is -2.28. The summed E-state index contributed by atoms with van der Waals surface area (Å²) in [4.78, 5) is 4.74. The Balaban J connectivity index is 1.81. The molecule has 0 radical (unpaired) electrons. The fraction of sp³-hybridized carbons (Fsp3) is 0.208. The molecule has 0 amide bonds. The van der Waals surface area contributed by atoms with Gasteiger partial charge in [0.2, 0.25) is 5.95 Å². The van der Waals surface area contributed by atoms with Crippen molar-refractivity contribution in [3.05, 3.63) is 89.0 Å². The number of alkyl halides is 2. The number of nitrogens with one attached hydrogen (secondary N) is 1. The number of imidazole rings is 1. The van der Waals surface area contributed by atoms with Crippen LogP contribution >= 0.6 is 0 Å². The third-order valence-electron chi connectivity index (χ3n) is 5.03. The monoisotopic (exact) mass is 391 g/mol. The molecule has 3 nitrogen and oxygen atoms in total. The summed E-state index contributed by atoms with van der Waals surface area (Å²) in [6.45, 7) is 5.28. The minimum Gasteiger partial charge on any atom is -0.326 e. The summed E-state index contributed by atoms with van der Waals surface area (Å²) in [6.07, 6.45) is 0. The Morgan fingerprint density at radius 3 is 2.34 bits per heavy atom. The number of nitrogens with zero attached hydrogens (tertiary/aromatic N) is 2. The summed E-state index contributed by atoms with van der Waals surface area (Å²) in [7, 11) is 0. The molecule has 4 rings (SSSR count). The van der Waals surface area contributed by atoms with E-state index in [0.717, 1.165) is 29.2 Å². The zero-order valence-corrected chi connectivity index (χ0v) is 16.7. The van der Waals surface area contributed by atoms with Gasteiger partial charge in [0.15, 0.2) is 0 Å². The van der Waals surface area contributed by atoms with Crippen LogP contribution in [0.1, 0.15) is 29.2 Å². The van der Waals surface area contributed by atoms with Crippen molar-refractivity contribution in [2.24, 2.45) is 0 Å². The molecule has 1 N–H and O–H groups in total. The molecule has 0 bridgehead atoms. The van der Waals surface area contributed by atoms with E-state index in [-0.39, 0.29) is 5.56 Å². The number of hydrogen-bond donors (Lipinski definition) is 1. The van der Waals surface area contributed by atoms with Gasteiger partial charge in [0.1, 0.15) is 0 Å². The van der Waals surface area contributed by atoms with Crippen LogP contribution in [0.4, 0.5) is 20.4 Å². The second kappa shape index (κ2) is 7.32. The fourth-order valence-electron chi connectivity index (χ4n) is 3.52. The van der Waals surface area contributed by atoms with Crippen molar-refractivity contribution in [2.45, 2.75) is 33.2 Å². The summed E-state index contributed by atoms with van der Waals surface area (Å²) in [5.41, 5.74) is 5.52. The molecule has 1 aromatic heterocycles. The summed E-state index contributed by atoms with van der Waals surface area (Å²) in [5, 5.41) is 3.35. The van der Waals surface area contributed by atoms with E-state index < -0.39 is 5.92 Å². The van der Waals surface area contributed by atoms with E-state index in [0.29, 0.717) is 18.1 Å². The van der Waals surface area contributed by atoms with Gasteiger partial charge < -0.3 is 9.88 Å². The van der Waals surface area contributed by atoms with Gasteiger partial charge in [-0.15, -0.1) is 0 Å². The lowest BCUT2D eigenvalue weighted by atomic mass is 10.0. The van der Waals surface area contributed by atoms with Crippen molar-refractivity contribution in [2.75, 3.05) is 5.32 Å². The topological polar surface area (TPSA) is 29.9 Å². The maximum atomic E-state index is 14.2. The molecule has 0 saturated heterocycles. The molecular formula is C24H23F2N3. The molecule has 0 spiro atoms. The normalized spacial score (nSPS) is 11.8. The number of benzene rings is 3. The number of aromatic nitrogens is 2. The van der Waals surface area contributed by atoms with Gasteiger partial charge in [0.05, 0.1) is 17.6 Å². The maximum Gasteiger partial charge on any atom is 0.270 e. The van der Waals surface area contributed by atoms with Gasteiger partial charge >= 0.3 is 0 Å². The third kappa shape index (κ3) is 3.99. The van der Waals surface area contributed by atoms with Gasteiger partial charge in [-0.05, 0) is 49.2 Å². The van der Waals surface area contributed by atoms with Crippen LogP contribution in [0.2, 0.25) is 0 Å². The second-order valence-corrected chi connectivity index (χ2v) is 7.55. The average Bonchev–Trinajstić information content (AvgIpc) is 2.99. The molecule has 0 fully saturated rings.